The number of aryl methyl sites for hydroxylation is 1. The highest BCUT2D eigenvalue weighted by Gasteiger charge is 2.27. The van der Waals surface area contributed by atoms with Gasteiger partial charge in [-0.1, -0.05) is 36.4 Å². The number of likely N-dealkylation sites (tertiary alicyclic amines) is 1. The maximum Gasteiger partial charge on any atom is 0.260 e. The van der Waals surface area contributed by atoms with E-state index in [-0.39, 0.29) is 24.3 Å². The highest BCUT2D eigenvalue weighted by atomic mass is 79.9. The average Bonchev–Trinajstić information content (AvgIpc) is 2.80. The van der Waals surface area contributed by atoms with E-state index in [1.807, 2.05) is 49.4 Å². The van der Waals surface area contributed by atoms with Crippen LogP contribution in [-0.2, 0) is 9.59 Å². The summed E-state index contributed by atoms with van der Waals surface area (Å²) in [7, 11) is 0. The van der Waals surface area contributed by atoms with Gasteiger partial charge >= 0.3 is 0 Å². The van der Waals surface area contributed by atoms with Gasteiger partial charge in [-0.25, -0.2) is 4.98 Å². The Morgan fingerprint density at radius 3 is 2.65 bits per heavy atom. The zero-order valence-electron chi connectivity index (χ0n) is 17.3. The first-order valence-electron chi connectivity index (χ1n) is 10.3. The second-order valence-electron chi connectivity index (χ2n) is 7.75. The van der Waals surface area contributed by atoms with Crippen LogP contribution < -0.4 is 10.1 Å². The van der Waals surface area contributed by atoms with E-state index in [1.54, 1.807) is 17.2 Å². The molecule has 2 heterocycles. The van der Waals surface area contributed by atoms with Crippen molar-refractivity contribution in [2.75, 3.05) is 25.0 Å². The predicted molar refractivity (Wildman–Crippen MR) is 124 cm³/mol. The number of carbonyl (C=O) groups is 2. The Balaban J connectivity index is 1.28. The van der Waals surface area contributed by atoms with Gasteiger partial charge in [0.15, 0.2) is 6.61 Å². The lowest BCUT2D eigenvalue weighted by Crippen LogP contribution is -2.43. The highest BCUT2D eigenvalue weighted by Crippen LogP contribution is 2.33. The number of fused-ring (bicyclic) bond motifs is 1. The number of benzene rings is 2. The van der Waals surface area contributed by atoms with Crippen molar-refractivity contribution in [3.63, 3.8) is 0 Å². The summed E-state index contributed by atoms with van der Waals surface area (Å²) < 4.78 is 6.64. The molecule has 1 N–H and O–H groups in total. The minimum absolute atomic E-state index is 0.0267. The molecule has 1 aromatic heterocycles. The average molecular weight is 482 g/mol. The van der Waals surface area contributed by atoms with Crippen LogP contribution in [0.5, 0.6) is 5.75 Å². The van der Waals surface area contributed by atoms with Crippen LogP contribution in [0.3, 0.4) is 0 Å². The smallest absolute Gasteiger partial charge is 0.260 e. The van der Waals surface area contributed by atoms with Gasteiger partial charge in [-0.05, 0) is 64.2 Å². The number of aromatic nitrogens is 1. The number of nitrogens with zero attached hydrogens (tertiary/aromatic N) is 2. The van der Waals surface area contributed by atoms with Gasteiger partial charge < -0.3 is 15.0 Å². The van der Waals surface area contributed by atoms with Gasteiger partial charge in [0.2, 0.25) is 5.91 Å². The number of hydrogen-bond donors (Lipinski definition) is 1. The molecule has 160 valence electrons. The minimum atomic E-state index is -0.122. The van der Waals surface area contributed by atoms with Crippen molar-refractivity contribution in [3.8, 4) is 5.75 Å². The van der Waals surface area contributed by atoms with Gasteiger partial charge in [0.25, 0.3) is 5.91 Å². The second-order valence-corrected chi connectivity index (χ2v) is 8.55. The molecule has 4 rings (SSSR count). The Morgan fingerprint density at radius 2 is 1.90 bits per heavy atom. The topological polar surface area (TPSA) is 71.5 Å². The maximum atomic E-state index is 12.6. The molecule has 0 spiro atoms. The molecular formula is C24H24BrN3O3. The number of carbonyl (C=O) groups excluding carboxylic acids is 2. The van der Waals surface area contributed by atoms with E-state index in [9.17, 15) is 9.59 Å². The number of piperidine rings is 1. The highest BCUT2D eigenvalue weighted by molar-refractivity contribution is 9.10. The summed E-state index contributed by atoms with van der Waals surface area (Å²) in [5, 5.41) is 5.02. The van der Waals surface area contributed by atoms with Gasteiger partial charge in [-0.2, -0.15) is 0 Å². The zero-order chi connectivity index (χ0) is 21.8. The van der Waals surface area contributed by atoms with E-state index in [1.165, 1.54) is 0 Å². The Bertz CT molecular complexity index is 1090. The first kappa shape index (κ1) is 21.3. The lowest BCUT2D eigenvalue weighted by Gasteiger charge is -2.31. The molecule has 2 aromatic carbocycles. The van der Waals surface area contributed by atoms with Gasteiger partial charge in [-0.3, -0.25) is 9.59 Å². The first-order valence-corrected chi connectivity index (χ1v) is 11.1. The van der Waals surface area contributed by atoms with Crippen molar-refractivity contribution < 1.29 is 14.3 Å². The molecule has 0 atom stereocenters. The standard InChI is InChI=1S/C24H24BrN3O3/c1-16-6-9-21(26-14-16)27-24(30)18-10-12-28(13-11-18)22(29)15-31-20-8-7-17-4-2-3-5-19(17)23(20)25/h2-9,14,18H,10-13,15H2,1H3,(H,26,27,30). The first-order chi connectivity index (χ1) is 15.0. The lowest BCUT2D eigenvalue weighted by atomic mass is 9.96. The molecule has 3 aromatic rings. The molecule has 0 unspecified atom stereocenters. The van der Waals surface area contributed by atoms with E-state index in [0.717, 1.165) is 20.8 Å². The monoisotopic (exact) mass is 481 g/mol. The predicted octanol–water partition coefficient (Wildman–Crippen LogP) is 4.56. The number of halogens is 1. The number of nitrogens with one attached hydrogen (secondary N) is 1. The summed E-state index contributed by atoms with van der Waals surface area (Å²) in [5.41, 5.74) is 1.04. The fourth-order valence-electron chi connectivity index (χ4n) is 3.72. The van der Waals surface area contributed by atoms with Gasteiger partial charge in [-0.15, -0.1) is 0 Å². The lowest BCUT2D eigenvalue weighted by molar-refractivity contribution is -0.136. The number of hydrogen-bond acceptors (Lipinski definition) is 4. The molecule has 0 bridgehead atoms. The number of anilines is 1. The van der Waals surface area contributed by atoms with E-state index in [2.05, 4.69) is 26.2 Å². The third kappa shape index (κ3) is 5.05. The van der Waals surface area contributed by atoms with Crippen LogP contribution in [-0.4, -0.2) is 41.4 Å². The Morgan fingerprint density at radius 1 is 1.13 bits per heavy atom. The number of pyridine rings is 1. The molecule has 2 amide bonds. The van der Waals surface area contributed by atoms with Gasteiger partial charge in [0.05, 0.1) is 4.47 Å². The SMILES string of the molecule is Cc1ccc(NC(=O)C2CCN(C(=O)COc3ccc4ccccc4c3Br)CC2)nc1. The van der Waals surface area contributed by atoms with E-state index >= 15 is 0 Å². The molecule has 6 nitrogen and oxygen atoms in total. The fraction of sp³-hybridized carbons (Fsp3) is 0.292. The van der Waals surface area contributed by atoms with Crippen LogP contribution >= 0.6 is 15.9 Å². The summed E-state index contributed by atoms with van der Waals surface area (Å²) in [6.45, 7) is 3.01. The van der Waals surface area contributed by atoms with Gasteiger partial charge in [0, 0.05) is 25.2 Å². The molecule has 1 aliphatic heterocycles. The third-order valence-electron chi connectivity index (χ3n) is 5.56. The maximum absolute atomic E-state index is 12.6. The van der Waals surface area contributed by atoms with Crippen LogP contribution in [0.2, 0.25) is 0 Å². The van der Waals surface area contributed by atoms with Crippen LogP contribution in [0.25, 0.3) is 10.8 Å². The van der Waals surface area contributed by atoms with E-state index in [0.29, 0.717) is 37.5 Å². The molecule has 0 radical (unpaired) electrons. The molecular weight excluding hydrogens is 458 g/mol. The normalized spacial score (nSPS) is 14.5. The molecule has 0 saturated carbocycles. The summed E-state index contributed by atoms with van der Waals surface area (Å²) >= 11 is 3.58. The van der Waals surface area contributed by atoms with Crippen molar-refractivity contribution in [1.82, 2.24) is 9.88 Å². The van der Waals surface area contributed by atoms with Crippen LogP contribution in [0.1, 0.15) is 18.4 Å². The zero-order valence-corrected chi connectivity index (χ0v) is 18.9. The van der Waals surface area contributed by atoms with Crippen molar-refractivity contribution in [2.45, 2.75) is 19.8 Å². The van der Waals surface area contributed by atoms with Crippen molar-refractivity contribution in [2.24, 2.45) is 5.92 Å². The number of rotatable bonds is 5. The van der Waals surface area contributed by atoms with Crippen molar-refractivity contribution in [3.05, 3.63) is 64.8 Å². The van der Waals surface area contributed by atoms with Crippen LogP contribution in [0.15, 0.2) is 59.2 Å². The number of amides is 2. The molecule has 1 saturated heterocycles. The van der Waals surface area contributed by atoms with Gasteiger partial charge in [0.1, 0.15) is 11.6 Å². The number of ether oxygens (including phenoxy) is 1. The molecule has 1 aliphatic rings. The molecule has 0 aliphatic carbocycles. The fourth-order valence-corrected chi connectivity index (χ4v) is 4.32. The summed E-state index contributed by atoms with van der Waals surface area (Å²) in [4.78, 5) is 31.1. The quantitative estimate of drug-likeness (QED) is 0.579. The van der Waals surface area contributed by atoms with Crippen LogP contribution in [0.4, 0.5) is 5.82 Å². The third-order valence-corrected chi connectivity index (χ3v) is 6.38. The largest absolute Gasteiger partial charge is 0.483 e. The van der Waals surface area contributed by atoms with Crippen LogP contribution in [0, 0.1) is 12.8 Å². The summed E-state index contributed by atoms with van der Waals surface area (Å²) in [6.07, 6.45) is 2.98. The Hall–Kier alpha value is -2.93. The molecule has 31 heavy (non-hydrogen) atoms. The van der Waals surface area contributed by atoms with Crippen molar-refractivity contribution >= 4 is 44.3 Å². The van der Waals surface area contributed by atoms with Crippen molar-refractivity contribution in [1.29, 1.82) is 0 Å². The Labute approximate surface area is 189 Å². The molecule has 7 heteroatoms. The summed E-state index contributed by atoms with van der Waals surface area (Å²) in [6, 6.07) is 15.6. The summed E-state index contributed by atoms with van der Waals surface area (Å²) in [5.74, 6) is 0.969. The minimum Gasteiger partial charge on any atom is -0.483 e. The molecule has 1 fully saturated rings. The Kier molecular flexibility index (Phi) is 6.51. The van der Waals surface area contributed by atoms with E-state index < -0.39 is 0 Å². The second kappa shape index (κ2) is 9.47. The van der Waals surface area contributed by atoms with E-state index in [4.69, 9.17) is 4.74 Å².